The van der Waals surface area contributed by atoms with Crippen LogP contribution in [0.1, 0.15) is 27.2 Å². The summed E-state index contributed by atoms with van der Waals surface area (Å²) in [6, 6.07) is 0. The van der Waals surface area contributed by atoms with Gasteiger partial charge in [0.05, 0.1) is 24.5 Å². The topological polar surface area (TPSA) is 70.1 Å². The maximum Gasteiger partial charge on any atom is 0.335 e. The second-order valence-electron chi connectivity index (χ2n) is 4.38. The molecule has 78 valence electrons. The van der Waals surface area contributed by atoms with Crippen molar-refractivity contribution >= 4 is 11.7 Å². The summed E-state index contributed by atoms with van der Waals surface area (Å²) in [6.07, 6.45) is 3.21. The van der Waals surface area contributed by atoms with Gasteiger partial charge in [-0.05, 0) is 5.41 Å². The second kappa shape index (κ2) is 3.69. The third kappa shape index (κ3) is 3.47. The minimum absolute atomic E-state index is 0.0875. The summed E-state index contributed by atoms with van der Waals surface area (Å²) in [7, 11) is 0. The number of hydrogen-bond acceptors (Lipinski definition) is 4. The zero-order valence-corrected chi connectivity index (χ0v) is 8.65. The van der Waals surface area contributed by atoms with E-state index >= 15 is 0 Å². The molecule has 5 heteroatoms. The summed E-state index contributed by atoms with van der Waals surface area (Å²) in [6.45, 7) is 5.89. The number of aromatic nitrogens is 2. The average Bonchev–Trinajstić information content (AvgIpc) is 2.30. The summed E-state index contributed by atoms with van der Waals surface area (Å²) in [5.74, 6) is -0.319. The van der Waals surface area contributed by atoms with Gasteiger partial charge in [0, 0.05) is 0 Å². The average molecular weight is 197 g/mol. The molecule has 0 fully saturated rings. The zero-order chi connectivity index (χ0) is 10.8. The van der Waals surface area contributed by atoms with Gasteiger partial charge in [0.15, 0.2) is 0 Å². The van der Waals surface area contributed by atoms with Crippen LogP contribution in [0.5, 0.6) is 0 Å². The first-order valence-electron chi connectivity index (χ1n) is 4.38. The molecule has 0 spiro atoms. The van der Waals surface area contributed by atoms with E-state index in [1.165, 1.54) is 12.4 Å². The number of rotatable bonds is 2. The molecule has 0 aliphatic heterocycles. The van der Waals surface area contributed by atoms with Gasteiger partial charge in [-0.2, -0.15) is 0 Å². The lowest BCUT2D eigenvalue weighted by Crippen LogP contribution is -2.24. The third-order valence-corrected chi connectivity index (χ3v) is 1.45. The summed E-state index contributed by atoms with van der Waals surface area (Å²) in [4.78, 5) is 17.3. The second-order valence-corrected chi connectivity index (χ2v) is 4.38. The molecule has 1 aromatic heterocycles. The standard InChI is InChI=1S/C9H15N3O2/c1-9(2,3)4-8(13)14-12-6-7(10)5-11-12/h5-6H,4,10H2,1-3H3. The summed E-state index contributed by atoms with van der Waals surface area (Å²) in [5, 5.41) is 3.73. The molecule has 1 heterocycles. The fourth-order valence-electron chi connectivity index (χ4n) is 0.937. The van der Waals surface area contributed by atoms with Gasteiger partial charge in [0.25, 0.3) is 0 Å². The van der Waals surface area contributed by atoms with E-state index in [0.717, 1.165) is 4.85 Å². The molecule has 0 atom stereocenters. The van der Waals surface area contributed by atoms with Gasteiger partial charge in [-0.1, -0.05) is 25.6 Å². The van der Waals surface area contributed by atoms with Crippen molar-refractivity contribution < 1.29 is 9.63 Å². The molecule has 0 aromatic carbocycles. The number of hydrogen-bond donors (Lipinski definition) is 1. The molecule has 0 saturated heterocycles. The summed E-state index contributed by atoms with van der Waals surface area (Å²) >= 11 is 0. The van der Waals surface area contributed by atoms with Crippen LogP contribution in [0.3, 0.4) is 0 Å². The minimum Gasteiger partial charge on any atom is -0.396 e. The largest absolute Gasteiger partial charge is 0.396 e. The van der Waals surface area contributed by atoms with Gasteiger partial charge >= 0.3 is 5.97 Å². The quantitative estimate of drug-likeness (QED) is 0.763. The van der Waals surface area contributed by atoms with Crippen molar-refractivity contribution in [2.75, 3.05) is 5.73 Å². The monoisotopic (exact) mass is 197 g/mol. The number of carbonyl (C=O) groups is 1. The molecule has 0 radical (unpaired) electrons. The van der Waals surface area contributed by atoms with Crippen molar-refractivity contribution in [3.05, 3.63) is 12.4 Å². The van der Waals surface area contributed by atoms with Crippen LogP contribution in [0.2, 0.25) is 0 Å². The summed E-state index contributed by atoms with van der Waals surface area (Å²) in [5.41, 5.74) is 5.79. The lowest BCUT2D eigenvalue weighted by Gasteiger charge is -2.15. The lowest BCUT2D eigenvalue weighted by atomic mass is 9.93. The Morgan fingerprint density at radius 3 is 2.71 bits per heavy atom. The van der Waals surface area contributed by atoms with E-state index in [2.05, 4.69) is 5.10 Å². The van der Waals surface area contributed by atoms with E-state index in [9.17, 15) is 4.79 Å². The highest BCUT2D eigenvalue weighted by Crippen LogP contribution is 2.18. The maximum absolute atomic E-state index is 11.3. The highest BCUT2D eigenvalue weighted by molar-refractivity contribution is 5.70. The highest BCUT2D eigenvalue weighted by atomic mass is 16.7. The van der Waals surface area contributed by atoms with E-state index in [0.29, 0.717) is 12.1 Å². The first kappa shape index (κ1) is 10.6. The van der Waals surface area contributed by atoms with Crippen molar-refractivity contribution in [3.8, 4) is 0 Å². The van der Waals surface area contributed by atoms with Crippen LogP contribution < -0.4 is 10.6 Å². The van der Waals surface area contributed by atoms with Crippen LogP contribution in [0.4, 0.5) is 5.69 Å². The van der Waals surface area contributed by atoms with E-state index in [1.807, 2.05) is 20.8 Å². The molecule has 2 N–H and O–H groups in total. The Morgan fingerprint density at radius 1 is 1.64 bits per heavy atom. The minimum atomic E-state index is -0.319. The fourth-order valence-corrected chi connectivity index (χ4v) is 0.937. The number of anilines is 1. The molecule has 14 heavy (non-hydrogen) atoms. The van der Waals surface area contributed by atoms with Crippen molar-refractivity contribution in [1.29, 1.82) is 0 Å². The normalized spacial score (nSPS) is 11.4. The van der Waals surface area contributed by atoms with Gasteiger partial charge in [-0.15, -0.1) is 5.10 Å². The van der Waals surface area contributed by atoms with E-state index in [-0.39, 0.29) is 11.4 Å². The van der Waals surface area contributed by atoms with Crippen molar-refractivity contribution in [3.63, 3.8) is 0 Å². The van der Waals surface area contributed by atoms with Gasteiger partial charge in [-0.3, -0.25) is 0 Å². The number of nitrogen functional groups attached to an aromatic ring is 1. The Bertz CT molecular complexity index is 325. The molecule has 5 nitrogen and oxygen atoms in total. The van der Waals surface area contributed by atoms with Crippen LogP contribution in [0, 0.1) is 5.41 Å². The molecule has 0 unspecified atom stereocenters. The Kier molecular flexibility index (Phi) is 2.78. The number of nitrogens with zero attached hydrogens (tertiary/aromatic N) is 2. The number of nitrogens with two attached hydrogens (primary N) is 1. The van der Waals surface area contributed by atoms with Crippen LogP contribution in [-0.4, -0.2) is 15.9 Å². The van der Waals surface area contributed by atoms with E-state index in [1.54, 1.807) is 0 Å². The van der Waals surface area contributed by atoms with Crippen molar-refractivity contribution in [2.45, 2.75) is 27.2 Å². The van der Waals surface area contributed by atoms with Crippen molar-refractivity contribution in [1.82, 2.24) is 9.94 Å². The lowest BCUT2D eigenvalue weighted by molar-refractivity contribution is -0.147. The first-order valence-corrected chi connectivity index (χ1v) is 4.38. The predicted molar refractivity (Wildman–Crippen MR) is 52.3 cm³/mol. The van der Waals surface area contributed by atoms with E-state index < -0.39 is 0 Å². The molecule has 0 bridgehead atoms. The molecular weight excluding hydrogens is 182 g/mol. The maximum atomic E-state index is 11.3. The Balaban J connectivity index is 2.50. The predicted octanol–water partition coefficient (Wildman–Crippen LogP) is 0.857. The number of carbonyl (C=O) groups excluding carboxylic acids is 1. The Labute approximate surface area is 82.8 Å². The van der Waals surface area contributed by atoms with Crippen LogP contribution in [0.25, 0.3) is 0 Å². The molecule has 1 rings (SSSR count). The van der Waals surface area contributed by atoms with Crippen LogP contribution in [-0.2, 0) is 4.79 Å². The van der Waals surface area contributed by atoms with Gasteiger partial charge in [0.1, 0.15) is 0 Å². The fraction of sp³-hybridized carbons (Fsp3) is 0.556. The molecule has 0 aliphatic carbocycles. The molecule has 0 amide bonds. The molecule has 0 saturated carbocycles. The zero-order valence-electron chi connectivity index (χ0n) is 8.65. The first-order chi connectivity index (χ1) is 6.37. The van der Waals surface area contributed by atoms with E-state index in [4.69, 9.17) is 10.6 Å². The van der Waals surface area contributed by atoms with Gasteiger partial charge < -0.3 is 10.6 Å². The summed E-state index contributed by atoms with van der Waals surface area (Å²) < 4.78 is 0. The van der Waals surface area contributed by atoms with Crippen LogP contribution in [0.15, 0.2) is 12.4 Å². The van der Waals surface area contributed by atoms with Crippen molar-refractivity contribution in [2.24, 2.45) is 5.41 Å². The molecular formula is C9H15N3O2. The molecule has 0 aliphatic rings. The smallest absolute Gasteiger partial charge is 0.335 e. The van der Waals surface area contributed by atoms with Gasteiger partial charge in [0.2, 0.25) is 0 Å². The van der Waals surface area contributed by atoms with Crippen LogP contribution >= 0.6 is 0 Å². The highest BCUT2D eigenvalue weighted by Gasteiger charge is 2.17. The molecule has 1 aromatic rings. The SMILES string of the molecule is CC(C)(C)CC(=O)On1cc(N)cn1. The third-order valence-electron chi connectivity index (χ3n) is 1.45. The van der Waals surface area contributed by atoms with Gasteiger partial charge in [-0.25, -0.2) is 4.79 Å². The Morgan fingerprint density at radius 2 is 2.29 bits per heavy atom. The Hall–Kier alpha value is -1.52.